The van der Waals surface area contributed by atoms with Crippen molar-refractivity contribution in [3.63, 3.8) is 0 Å². The van der Waals surface area contributed by atoms with E-state index in [0.29, 0.717) is 23.3 Å². The van der Waals surface area contributed by atoms with Gasteiger partial charge in [-0.15, -0.1) is 0 Å². The summed E-state index contributed by atoms with van der Waals surface area (Å²) in [5, 5.41) is 4.31. The molecule has 0 spiro atoms. The van der Waals surface area contributed by atoms with Crippen molar-refractivity contribution in [3.05, 3.63) is 35.4 Å². The van der Waals surface area contributed by atoms with Crippen LogP contribution in [0.3, 0.4) is 0 Å². The van der Waals surface area contributed by atoms with Crippen LogP contribution in [0.2, 0.25) is 0 Å². The lowest BCUT2D eigenvalue weighted by Crippen LogP contribution is -2.36. The number of rotatable bonds is 6. The first-order valence-electron chi connectivity index (χ1n) is 9.25. The van der Waals surface area contributed by atoms with E-state index in [4.69, 9.17) is 4.74 Å². The maximum Gasteiger partial charge on any atom is 0.543 e. The summed E-state index contributed by atoms with van der Waals surface area (Å²) in [6.07, 6.45) is 2.60. The first-order valence-corrected chi connectivity index (χ1v) is 9.25. The van der Waals surface area contributed by atoms with Crippen molar-refractivity contribution in [1.82, 2.24) is 0 Å². The van der Waals surface area contributed by atoms with E-state index in [9.17, 15) is 9.59 Å². The topological polar surface area (TPSA) is 71.1 Å². The molecule has 144 valence electrons. The molecule has 6 heteroatoms. The fraction of sp³-hybridized carbons (Fsp3) is 0.600. The third-order valence-electron chi connectivity index (χ3n) is 5.02. The third-order valence-corrected chi connectivity index (χ3v) is 5.02. The molecule has 3 unspecified atom stereocenters. The van der Waals surface area contributed by atoms with Gasteiger partial charge < -0.3 is 4.74 Å². The average Bonchev–Trinajstić information content (AvgIpc) is 2.61. The Bertz CT molecular complexity index is 595. The number of ether oxygens (including phenoxy) is 1. The molecule has 0 aromatic heterocycles. The number of hydrogen-bond acceptors (Lipinski definition) is 6. The lowest BCUT2D eigenvalue weighted by molar-refractivity contribution is -0.453. The molecule has 2 rings (SSSR count). The molecule has 0 heterocycles. The van der Waals surface area contributed by atoms with Gasteiger partial charge >= 0.3 is 12.1 Å². The number of aryl methyl sites for hydroxylation is 1. The van der Waals surface area contributed by atoms with Gasteiger partial charge in [0, 0.05) is 0 Å². The van der Waals surface area contributed by atoms with Crippen LogP contribution in [-0.2, 0) is 26.0 Å². The number of carbonyl (C=O) groups is 2. The normalized spacial score (nSPS) is 22.7. The Labute approximate surface area is 154 Å². The van der Waals surface area contributed by atoms with Crippen molar-refractivity contribution in [2.45, 2.75) is 59.5 Å². The summed E-state index contributed by atoms with van der Waals surface area (Å²) in [4.78, 5) is 32.6. The number of carbonyl (C=O) groups excluding carboxylic acids is 2. The molecule has 1 fully saturated rings. The third kappa shape index (κ3) is 5.73. The van der Waals surface area contributed by atoms with Crippen molar-refractivity contribution in [3.8, 4) is 0 Å². The standard InChI is InChI=1S/C20H28O6/c1-5-15-7-9-16(10-8-15)19(21)24-26-25-20(22)23-18-12-14(4)6-11-17(18)13(2)3/h7-10,13-14,17-18H,5-6,11-12H2,1-4H3. The molecule has 26 heavy (non-hydrogen) atoms. The SMILES string of the molecule is CCc1ccc(C(=O)OOOC(=O)OC2CC(C)CCC2C(C)C)cc1. The van der Waals surface area contributed by atoms with E-state index in [0.717, 1.165) is 31.2 Å². The minimum atomic E-state index is -0.996. The molecule has 0 saturated heterocycles. The molecule has 0 bridgehead atoms. The lowest BCUT2D eigenvalue weighted by atomic mass is 9.75. The minimum Gasteiger partial charge on any atom is -0.429 e. The van der Waals surface area contributed by atoms with Crippen LogP contribution >= 0.6 is 0 Å². The second-order valence-electron chi connectivity index (χ2n) is 7.31. The Balaban J connectivity index is 1.77. The van der Waals surface area contributed by atoms with E-state index in [1.165, 1.54) is 0 Å². The monoisotopic (exact) mass is 364 g/mol. The quantitative estimate of drug-likeness (QED) is 0.407. The summed E-state index contributed by atoms with van der Waals surface area (Å²) in [5.41, 5.74) is 1.41. The fourth-order valence-electron chi connectivity index (χ4n) is 3.39. The first kappa shape index (κ1) is 20.2. The largest absolute Gasteiger partial charge is 0.543 e. The lowest BCUT2D eigenvalue weighted by Gasteiger charge is -2.36. The van der Waals surface area contributed by atoms with Gasteiger partial charge in [0.05, 0.1) is 10.6 Å². The molecule has 0 aliphatic heterocycles. The molecule has 0 radical (unpaired) electrons. The predicted octanol–water partition coefficient (Wildman–Crippen LogP) is 4.87. The Hall–Kier alpha value is -2.08. The van der Waals surface area contributed by atoms with Crippen LogP contribution in [0.5, 0.6) is 0 Å². The number of benzene rings is 1. The minimum absolute atomic E-state index is 0.216. The van der Waals surface area contributed by atoms with Crippen LogP contribution in [0.4, 0.5) is 4.79 Å². The second kappa shape index (κ2) is 9.57. The zero-order valence-corrected chi connectivity index (χ0v) is 15.9. The molecule has 1 saturated carbocycles. The summed E-state index contributed by atoms with van der Waals surface area (Å²) in [6.45, 7) is 8.39. The van der Waals surface area contributed by atoms with Gasteiger partial charge in [-0.3, -0.25) is 4.89 Å². The molecule has 3 atom stereocenters. The van der Waals surface area contributed by atoms with Crippen LogP contribution in [0, 0.1) is 17.8 Å². The van der Waals surface area contributed by atoms with Crippen LogP contribution in [-0.4, -0.2) is 18.2 Å². The highest BCUT2D eigenvalue weighted by atomic mass is 17.5. The summed E-state index contributed by atoms with van der Waals surface area (Å²) >= 11 is 0. The van der Waals surface area contributed by atoms with E-state index in [-0.39, 0.29) is 6.10 Å². The Morgan fingerprint density at radius 2 is 1.81 bits per heavy atom. The van der Waals surface area contributed by atoms with Crippen molar-refractivity contribution in [1.29, 1.82) is 0 Å². The molecular formula is C20H28O6. The van der Waals surface area contributed by atoms with Crippen molar-refractivity contribution >= 4 is 12.1 Å². The van der Waals surface area contributed by atoms with Gasteiger partial charge in [0.1, 0.15) is 6.10 Å². The fourth-order valence-corrected chi connectivity index (χ4v) is 3.39. The zero-order chi connectivity index (χ0) is 19.1. The summed E-state index contributed by atoms with van der Waals surface area (Å²) in [7, 11) is 0. The first-order chi connectivity index (χ1) is 12.4. The van der Waals surface area contributed by atoms with E-state index in [1.54, 1.807) is 12.1 Å². The van der Waals surface area contributed by atoms with Gasteiger partial charge in [-0.05, 0) is 54.7 Å². The molecule has 1 aromatic carbocycles. The van der Waals surface area contributed by atoms with Gasteiger partial charge in [-0.25, -0.2) is 14.5 Å². The summed E-state index contributed by atoms with van der Waals surface area (Å²) in [5.74, 6) is 0.447. The van der Waals surface area contributed by atoms with E-state index in [2.05, 4.69) is 35.6 Å². The van der Waals surface area contributed by atoms with Crippen molar-refractivity contribution in [2.75, 3.05) is 0 Å². The maximum absolute atomic E-state index is 11.8. The van der Waals surface area contributed by atoms with Crippen LogP contribution in [0.1, 0.15) is 62.9 Å². The summed E-state index contributed by atoms with van der Waals surface area (Å²) < 4.78 is 5.38. The van der Waals surface area contributed by atoms with E-state index in [1.807, 2.05) is 19.1 Å². The molecule has 1 aliphatic carbocycles. The van der Waals surface area contributed by atoms with Gasteiger partial charge in [0.2, 0.25) is 0 Å². The molecule has 1 aliphatic rings. The Morgan fingerprint density at radius 1 is 1.12 bits per heavy atom. The molecule has 0 amide bonds. The molecule has 6 nitrogen and oxygen atoms in total. The van der Waals surface area contributed by atoms with Crippen LogP contribution in [0.25, 0.3) is 0 Å². The smallest absolute Gasteiger partial charge is 0.429 e. The van der Waals surface area contributed by atoms with Crippen LogP contribution in [0.15, 0.2) is 24.3 Å². The average molecular weight is 364 g/mol. The van der Waals surface area contributed by atoms with Crippen molar-refractivity contribution < 1.29 is 29.1 Å². The highest BCUT2D eigenvalue weighted by Crippen LogP contribution is 2.35. The van der Waals surface area contributed by atoms with Crippen LogP contribution < -0.4 is 0 Å². The van der Waals surface area contributed by atoms with Gasteiger partial charge in [-0.1, -0.05) is 46.2 Å². The summed E-state index contributed by atoms with van der Waals surface area (Å²) in [6, 6.07) is 6.89. The maximum atomic E-state index is 11.8. The Kier molecular flexibility index (Phi) is 7.45. The molecule has 0 N–H and O–H groups in total. The van der Waals surface area contributed by atoms with Gasteiger partial charge in [0.15, 0.2) is 0 Å². The zero-order valence-electron chi connectivity index (χ0n) is 15.9. The number of hydrogen-bond donors (Lipinski definition) is 0. The highest BCUT2D eigenvalue weighted by molar-refractivity contribution is 5.88. The second-order valence-corrected chi connectivity index (χ2v) is 7.31. The van der Waals surface area contributed by atoms with Crippen molar-refractivity contribution in [2.24, 2.45) is 17.8 Å². The predicted molar refractivity (Wildman–Crippen MR) is 95.0 cm³/mol. The Morgan fingerprint density at radius 3 is 2.42 bits per heavy atom. The highest BCUT2D eigenvalue weighted by Gasteiger charge is 2.34. The molecular weight excluding hydrogens is 336 g/mol. The van der Waals surface area contributed by atoms with Gasteiger partial charge in [0.25, 0.3) is 0 Å². The van der Waals surface area contributed by atoms with E-state index < -0.39 is 12.1 Å². The van der Waals surface area contributed by atoms with Gasteiger partial charge in [-0.2, -0.15) is 0 Å². The van der Waals surface area contributed by atoms with E-state index >= 15 is 0 Å². The molecule has 1 aromatic rings.